The Morgan fingerprint density at radius 1 is 1.28 bits per heavy atom. The molecule has 0 radical (unpaired) electrons. The Labute approximate surface area is 147 Å². The van der Waals surface area contributed by atoms with Crippen LogP contribution in [0.15, 0.2) is 47.5 Å². The molecule has 0 atom stereocenters. The van der Waals surface area contributed by atoms with E-state index in [0.717, 1.165) is 0 Å². The Kier molecular flexibility index (Phi) is 4.58. The van der Waals surface area contributed by atoms with Crippen LogP contribution in [-0.4, -0.2) is 20.7 Å². The number of hydrogen-bond acceptors (Lipinski definition) is 5. The smallest absolute Gasteiger partial charge is 0.262 e. The standard InChI is InChI=1S/C17H13ClFN5O/c1-9(20)14-16(22-11-4-6-21-7-5-11)23-15(24-17(14)25)12-8-10(18)2-3-13(12)19/h2-8,20H,1H3,(H2,21,22,23,24,25). The van der Waals surface area contributed by atoms with Gasteiger partial charge in [0.05, 0.1) is 5.56 Å². The molecule has 2 aromatic heterocycles. The Hall–Kier alpha value is -3.06. The molecule has 0 amide bonds. The SMILES string of the molecule is CC(=N)c1c(Nc2ccncc2)nc(-c2cc(Cl)ccc2F)[nH]c1=O. The highest BCUT2D eigenvalue weighted by Gasteiger charge is 2.17. The molecule has 0 aliphatic heterocycles. The quantitative estimate of drug-likeness (QED) is 0.620. The fourth-order valence-electron chi connectivity index (χ4n) is 2.29. The van der Waals surface area contributed by atoms with Crippen molar-refractivity contribution in [1.29, 1.82) is 5.41 Å². The number of aromatic nitrogens is 3. The Morgan fingerprint density at radius 3 is 2.68 bits per heavy atom. The predicted molar refractivity (Wildman–Crippen MR) is 95.3 cm³/mol. The summed E-state index contributed by atoms with van der Waals surface area (Å²) in [5, 5.41) is 11.1. The molecule has 126 valence electrons. The van der Waals surface area contributed by atoms with E-state index in [1.165, 1.54) is 25.1 Å². The minimum atomic E-state index is -0.568. The van der Waals surface area contributed by atoms with Crippen LogP contribution in [0.2, 0.25) is 5.02 Å². The lowest BCUT2D eigenvalue weighted by Gasteiger charge is -2.12. The van der Waals surface area contributed by atoms with E-state index in [-0.39, 0.29) is 28.5 Å². The summed E-state index contributed by atoms with van der Waals surface area (Å²) in [5.74, 6) is -0.398. The minimum Gasteiger partial charge on any atom is -0.339 e. The lowest BCUT2D eigenvalue weighted by atomic mass is 10.1. The summed E-state index contributed by atoms with van der Waals surface area (Å²) >= 11 is 5.91. The molecule has 6 nitrogen and oxygen atoms in total. The number of benzene rings is 1. The van der Waals surface area contributed by atoms with E-state index < -0.39 is 11.4 Å². The van der Waals surface area contributed by atoms with Gasteiger partial charge in [0.2, 0.25) is 0 Å². The Bertz CT molecular complexity index is 1000. The van der Waals surface area contributed by atoms with Gasteiger partial charge in [0.1, 0.15) is 23.0 Å². The zero-order valence-electron chi connectivity index (χ0n) is 13.1. The molecule has 0 saturated carbocycles. The highest BCUT2D eigenvalue weighted by Crippen LogP contribution is 2.25. The van der Waals surface area contributed by atoms with Crippen LogP contribution < -0.4 is 10.9 Å². The molecule has 0 aliphatic rings. The molecule has 2 heterocycles. The number of hydrogen-bond donors (Lipinski definition) is 3. The fraction of sp³-hybridized carbons (Fsp3) is 0.0588. The summed E-state index contributed by atoms with van der Waals surface area (Å²) in [5.41, 5.74) is 0.254. The van der Waals surface area contributed by atoms with Gasteiger partial charge in [-0.25, -0.2) is 9.37 Å². The number of anilines is 2. The maximum absolute atomic E-state index is 14.1. The average Bonchev–Trinajstić information content (AvgIpc) is 2.57. The van der Waals surface area contributed by atoms with Crippen LogP contribution in [0.5, 0.6) is 0 Å². The molecule has 0 spiro atoms. The van der Waals surface area contributed by atoms with Gasteiger partial charge < -0.3 is 15.7 Å². The van der Waals surface area contributed by atoms with E-state index in [0.29, 0.717) is 10.7 Å². The van der Waals surface area contributed by atoms with Crippen molar-refractivity contribution >= 4 is 28.8 Å². The molecule has 0 fully saturated rings. The van der Waals surface area contributed by atoms with Crippen molar-refractivity contribution in [2.45, 2.75) is 6.92 Å². The molecule has 0 bridgehead atoms. The summed E-state index contributed by atoms with van der Waals surface area (Å²) in [6.07, 6.45) is 3.15. The van der Waals surface area contributed by atoms with Gasteiger partial charge in [-0.15, -0.1) is 0 Å². The molecule has 8 heteroatoms. The molecule has 1 aromatic carbocycles. The van der Waals surface area contributed by atoms with E-state index in [1.54, 1.807) is 24.5 Å². The van der Waals surface area contributed by atoms with Gasteiger partial charge in [-0.3, -0.25) is 9.78 Å². The van der Waals surface area contributed by atoms with Crippen molar-refractivity contribution < 1.29 is 4.39 Å². The Morgan fingerprint density at radius 2 is 2.00 bits per heavy atom. The number of halogens is 2. The first-order valence-corrected chi connectivity index (χ1v) is 7.66. The molecule has 0 unspecified atom stereocenters. The van der Waals surface area contributed by atoms with E-state index in [2.05, 4.69) is 20.3 Å². The first-order chi connectivity index (χ1) is 12.0. The van der Waals surface area contributed by atoms with Crippen LogP contribution in [0.3, 0.4) is 0 Å². The van der Waals surface area contributed by atoms with Crippen molar-refractivity contribution in [1.82, 2.24) is 15.0 Å². The lowest BCUT2D eigenvalue weighted by Crippen LogP contribution is -2.21. The van der Waals surface area contributed by atoms with Gasteiger partial charge in [-0.2, -0.15) is 0 Å². The van der Waals surface area contributed by atoms with Gasteiger partial charge in [-0.05, 0) is 37.3 Å². The summed E-state index contributed by atoms with van der Waals surface area (Å²) in [6.45, 7) is 1.48. The molecule has 3 aromatic rings. The molecule has 25 heavy (non-hydrogen) atoms. The van der Waals surface area contributed by atoms with Crippen molar-refractivity contribution in [3.63, 3.8) is 0 Å². The normalized spacial score (nSPS) is 10.5. The average molecular weight is 358 g/mol. The van der Waals surface area contributed by atoms with Crippen LogP contribution in [-0.2, 0) is 0 Å². The zero-order chi connectivity index (χ0) is 18.0. The van der Waals surface area contributed by atoms with Crippen LogP contribution >= 0.6 is 11.6 Å². The molecule has 3 rings (SSSR count). The molecule has 3 N–H and O–H groups in total. The maximum atomic E-state index is 14.1. The summed E-state index contributed by atoms with van der Waals surface area (Å²) < 4.78 is 14.1. The van der Waals surface area contributed by atoms with E-state index in [1.807, 2.05) is 0 Å². The summed E-state index contributed by atoms with van der Waals surface area (Å²) in [7, 11) is 0. The number of aromatic amines is 1. The second-order valence-corrected chi connectivity index (χ2v) is 5.68. The zero-order valence-corrected chi connectivity index (χ0v) is 13.9. The molecule has 0 aliphatic carbocycles. The van der Waals surface area contributed by atoms with Gasteiger partial charge in [0.15, 0.2) is 0 Å². The second kappa shape index (κ2) is 6.82. The molecular formula is C17H13ClFN5O. The second-order valence-electron chi connectivity index (χ2n) is 5.25. The number of rotatable bonds is 4. The lowest BCUT2D eigenvalue weighted by molar-refractivity contribution is 0.630. The number of nitrogens with one attached hydrogen (secondary N) is 3. The first kappa shape index (κ1) is 16.8. The topological polar surface area (TPSA) is 94.5 Å². The Balaban J connectivity index is 2.18. The third-order valence-electron chi connectivity index (χ3n) is 3.42. The number of nitrogens with zero attached hydrogens (tertiary/aromatic N) is 2. The van der Waals surface area contributed by atoms with E-state index >= 15 is 0 Å². The number of H-pyrrole nitrogens is 1. The van der Waals surface area contributed by atoms with Crippen LogP contribution in [0.4, 0.5) is 15.9 Å². The van der Waals surface area contributed by atoms with Gasteiger partial charge in [0.25, 0.3) is 5.56 Å². The largest absolute Gasteiger partial charge is 0.339 e. The van der Waals surface area contributed by atoms with Gasteiger partial charge in [-0.1, -0.05) is 11.6 Å². The van der Waals surface area contributed by atoms with Crippen molar-refractivity contribution in [3.05, 3.63) is 69.5 Å². The summed E-state index contributed by atoms with van der Waals surface area (Å²) in [4.78, 5) is 23.1. The molecular weight excluding hydrogens is 345 g/mol. The third kappa shape index (κ3) is 3.56. The van der Waals surface area contributed by atoms with Crippen LogP contribution in [0.25, 0.3) is 11.4 Å². The highest BCUT2D eigenvalue weighted by atomic mass is 35.5. The van der Waals surface area contributed by atoms with Gasteiger partial charge in [0, 0.05) is 28.8 Å². The van der Waals surface area contributed by atoms with Crippen LogP contribution in [0.1, 0.15) is 12.5 Å². The molecule has 0 saturated heterocycles. The van der Waals surface area contributed by atoms with Crippen molar-refractivity contribution in [3.8, 4) is 11.4 Å². The van der Waals surface area contributed by atoms with Crippen molar-refractivity contribution in [2.75, 3.05) is 5.32 Å². The minimum absolute atomic E-state index is 0.0200. The summed E-state index contributed by atoms with van der Waals surface area (Å²) in [6, 6.07) is 7.35. The maximum Gasteiger partial charge on any atom is 0.262 e. The van der Waals surface area contributed by atoms with Crippen LogP contribution in [0, 0.1) is 11.2 Å². The fourth-order valence-corrected chi connectivity index (χ4v) is 2.46. The van der Waals surface area contributed by atoms with Gasteiger partial charge >= 0.3 is 0 Å². The first-order valence-electron chi connectivity index (χ1n) is 7.28. The number of pyridine rings is 1. The predicted octanol–water partition coefficient (Wildman–Crippen LogP) is 3.76. The van der Waals surface area contributed by atoms with E-state index in [4.69, 9.17) is 17.0 Å². The monoisotopic (exact) mass is 357 g/mol. The third-order valence-corrected chi connectivity index (χ3v) is 3.66. The highest BCUT2D eigenvalue weighted by molar-refractivity contribution is 6.30. The van der Waals surface area contributed by atoms with E-state index in [9.17, 15) is 9.18 Å². The van der Waals surface area contributed by atoms with Crippen molar-refractivity contribution in [2.24, 2.45) is 0 Å².